The summed E-state index contributed by atoms with van der Waals surface area (Å²) in [5.74, 6) is 0.570. The second-order valence-corrected chi connectivity index (χ2v) is 4.67. The van der Waals surface area contributed by atoms with Crippen molar-refractivity contribution in [1.29, 1.82) is 0 Å². The summed E-state index contributed by atoms with van der Waals surface area (Å²) >= 11 is 0. The minimum atomic E-state index is -0.671. The van der Waals surface area contributed by atoms with Gasteiger partial charge >= 0.3 is 6.16 Å². The zero-order chi connectivity index (χ0) is 13.5. The molecule has 0 fully saturated rings. The molecule has 0 atom stereocenters. The Balaban J connectivity index is 4.51. The molecule has 0 unspecified atom stereocenters. The third-order valence-electron chi connectivity index (χ3n) is 1.81. The zero-order valence-corrected chi connectivity index (χ0v) is 11.4. The van der Waals surface area contributed by atoms with Crippen LogP contribution >= 0.6 is 0 Å². The average Bonchev–Trinajstić information content (AvgIpc) is 2.20. The van der Waals surface area contributed by atoms with Gasteiger partial charge in [0.2, 0.25) is 0 Å². The molecule has 17 heavy (non-hydrogen) atoms. The number of carbonyl (C=O) groups excluding carboxylic acids is 1. The predicted molar refractivity (Wildman–Crippen MR) is 69.6 cm³/mol. The first-order valence-electron chi connectivity index (χ1n) is 5.69. The molecule has 0 aromatic carbocycles. The molecule has 0 aromatic rings. The van der Waals surface area contributed by atoms with Gasteiger partial charge in [-0.3, -0.25) is 0 Å². The molecule has 0 radical (unpaired) electrons. The van der Waals surface area contributed by atoms with E-state index in [4.69, 9.17) is 9.47 Å². The maximum absolute atomic E-state index is 11.4. The topological polar surface area (TPSA) is 35.5 Å². The third kappa shape index (κ3) is 8.31. The molecular weight excluding hydrogens is 216 g/mol. The summed E-state index contributed by atoms with van der Waals surface area (Å²) in [5, 5.41) is 0. The Kier molecular flexibility index (Phi) is 6.33. The van der Waals surface area contributed by atoms with E-state index in [1.165, 1.54) is 0 Å². The number of hydrogen-bond acceptors (Lipinski definition) is 3. The molecule has 0 aromatic heterocycles. The fourth-order valence-corrected chi connectivity index (χ4v) is 0.894. The Hall–Kier alpha value is -1.51. The average molecular weight is 238 g/mol. The lowest BCUT2D eigenvalue weighted by Crippen LogP contribution is -2.24. The van der Waals surface area contributed by atoms with Crippen molar-refractivity contribution in [2.45, 2.75) is 46.6 Å². The van der Waals surface area contributed by atoms with Gasteiger partial charge in [-0.25, -0.2) is 4.79 Å². The van der Waals surface area contributed by atoms with Crippen LogP contribution in [0.3, 0.4) is 0 Å². The number of rotatable bonds is 4. The first kappa shape index (κ1) is 15.5. The monoisotopic (exact) mass is 238 g/mol. The summed E-state index contributed by atoms with van der Waals surface area (Å²) in [6, 6.07) is 0. The minimum absolute atomic E-state index is 0.539. The van der Waals surface area contributed by atoms with E-state index < -0.39 is 11.8 Å². The smallest absolute Gasteiger partial charge is 0.428 e. The molecule has 0 aliphatic rings. The lowest BCUT2D eigenvalue weighted by atomic mass is 10.2. The van der Waals surface area contributed by atoms with Crippen LogP contribution in [0.25, 0.3) is 0 Å². The highest BCUT2D eigenvalue weighted by atomic mass is 16.7. The Morgan fingerprint density at radius 1 is 1.29 bits per heavy atom. The molecule has 0 aliphatic heterocycles. The van der Waals surface area contributed by atoms with E-state index in [1.807, 2.05) is 19.9 Å². The molecule has 0 heterocycles. The summed E-state index contributed by atoms with van der Waals surface area (Å²) in [4.78, 5) is 11.4. The zero-order valence-electron chi connectivity index (χ0n) is 11.4. The predicted octanol–water partition coefficient (Wildman–Crippen LogP) is 4.36. The van der Waals surface area contributed by atoms with Crippen molar-refractivity contribution in [3.05, 3.63) is 36.1 Å². The molecule has 0 saturated carbocycles. The van der Waals surface area contributed by atoms with Crippen LogP contribution in [0.1, 0.15) is 41.0 Å². The summed E-state index contributed by atoms with van der Waals surface area (Å²) < 4.78 is 10.2. The van der Waals surface area contributed by atoms with Crippen LogP contribution < -0.4 is 0 Å². The van der Waals surface area contributed by atoms with Gasteiger partial charge in [0.05, 0.1) is 0 Å². The van der Waals surface area contributed by atoms with Gasteiger partial charge in [-0.05, 0) is 33.8 Å². The Morgan fingerprint density at radius 2 is 1.88 bits per heavy atom. The Labute approximate surface area is 104 Å². The molecule has 0 spiro atoms. The van der Waals surface area contributed by atoms with Crippen molar-refractivity contribution in [3.8, 4) is 0 Å². The maximum atomic E-state index is 11.4. The molecule has 0 saturated heterocycles. The van der Waals surface area contributed by atoms with Gasteiger partial charge in [-0.15, -0.1) is 0 Å². The lowest BCUT2D eigenvalue weighted by molar-refractivity contribution is 0.00554. The summed E-state index contributed by atoms with van der Waals surface area (Å²) in [6.45, 7) is 12.9. The van der Waals surface area contributed by atoms with Crippen molar-refractivity contribution in [3.63, 3.8) is 0 Å². The molecule has 96 valence electrons. The summed E-state index contributed by atoms with van der Waals surface area (Å²) in [7, 11) is 0. The van der Waals surface area contributed by atoms with Gasteiger partial charge in [-0.2, -0.15) is 0 Å². The molecule has 0 rings (SSSR count). The largest absolute Gasteiger partial charge is 0.514 e. The van der Waals surface area contributed by atoms with E-state index >= 15 is 0 Å². The standard InChI is InChI=1S/C14H22O3/c1-7-11(3)9-10-12(8-2)16-13(15)17-14(4,5)6/h7,9-10H,1,8H2,2-6H3/b11-9+,12-10+. The van der Waals surface area contributed by atoms with Crippen molar-refractivity contribution in [1.82, 2.24) is 0 Å². The van der Waals surface area contributed by atoms with Crippen LogP contribution in [0.5, 0.6) is 0 Å². The van der Waals surface area contributed by atoms with Crippen molar-refractivity contribution in [2.75, 3.05) is 0 Å². The number of hydrogen-bond donors (Lipinski definition) is 0. The van der Waals surface area contributed by atoms with E-state index in [2.05, 4.69) is 6.58 Å². The van der Waals surface area contributed by atoms with Crippen molar-refractivity contribution < 1.29 is 14.3 Å². The van der Waals surface area contributed by atoms with Gasteiger partial charge < -0.3 is 9.47 Å². The normalized spacial score (nSPS) is 13.2. The number of ether oxygens (including phenoxy) is 2. The number of carbonyl (C=O) groups is 1. The SMILES string of the molecule is C=C/C(C)=C/C=C(\CC)OC(=O)OC(C)(C)C. The fraction of sp³-hybridized carbons (Fsp3) is 0.500. The van der Waals surface area contributed by atoms with Crippen LogP contribution in [-0.4, -0.2) is 11.8 Å². The minimum Gasteiger partial charge on any atom is -0.428 e. The van der Waals surface area contributed by atoms with Gasteiger partial charge in [0, 0.05) is 6.42 Å². The van der Waals surface area contributed by atoms with Crippen LogP contribution in [-0.2, 0) is 9.47 Å². The summed E-state index contributed by atoms with van der Waals surface area (Å²) in [5.41, 5.74) is 0.465. The van der Waals surface area contributed by atoms with Crippen LogP contribution in [0.15, 0.2) is 36.1 Å². The van der Waals surface area contributed by atoms with E-state index in [1.54, 1.807) is 32.9 Å². The van der Waals surface area contributed by atoms with E-state index in [0.29, 0.717) is 12.2 Å². The van der Waals surface area contributed by atoms with E-state index in [0.717, 1.165) is 5.57 Å². The molecule has 0 N–H and O–H groups in total. The molecule has 0 aliphatic carbocycles. The van der Waals surface area contributed by atoms with Gasteiger partial charge in [0.1, 0.15) is 11.4 Å². The molecule has 3 nitrogen and oxygen atoms in total. The van der Waals surface area contributed by atoms with Gasteiger partial charge in [0.15, 0.2) is 0 Å². The molecule has 3 heteroatoms. The second-order valence-electron chi connectivity index (χ2n) is 4.67. The van der Waals surface area contributed by atoms with Gasteiger partial charge in [0.25, 0.3) is 0 Å². The van der Waals surface area contributed by atoms with Crippen molar-refractivity contribution in [2.24, 2.45) is 0 Å². The quantitative estimate of drug-likeness (QED) is 0.414. The highest BCUT2D eigenvalue weighted by Gasteiger charge is 2.18. The first-order chi connectivity index (χ1) is 7.78. The van der Waals surface area contributed by atoms with E-state index in [-0.39, 0.29) is 0 Å². The third-order valence-corrected chi connectivity index (χ3v) is 1.81. The summed E-state index contributed by atoms with van der Waals surface area (Å²) in [6.07, 6.45) is 5.28. The molecule has 0 amide bonds. The van der Waals surface area contributed by atoms with E-state index in [9.17, 15) is 4.79 Å². The van der Waals surface area contributed by atoms with Crippen molar-refractivity contribution >= 4 is 6.16 Å². The molecule has 0 bridgehead atoms. The fourth-order valence-electron chi connectivity index (χ4n) is 0.894. The van der Waals surface area contributed by atoms with Gasteiger partial charge in [-0.1, -0.05) is 31.2 Å². The van der Waals surface area contributed by atoms with Crippen LogP contribution in [0, 0.1) is 0 Å². The van der Waals surface area contributed by atoms with Crippen LogP contribution in [0.4, 0.5) is 4.79 Å². The molecular formula is C14H22O3. The Bertz CT molecular complexity index is 330. The lowest BCUT2D eigenvalue weighted by Gasteiger charge is -2.19. The number of allylic oxidation sites excluding steroid dienone is 5. The second kappa shape index (κ2) is 6.94. The highest BCUT2D eigenvalue weighted by molar-refractivity contribution is 5.62. The first-order valence-corrected chi connectivity index (χ1v) is 5.69. The Morgan fingerprint density at radius 3 is 2.29 bits per heavy atom. The van der Waals surface area contributed by atoms with Crippen LogP contribution in [0.2, 0.25) is 0 Å². The highest BCUT2D eigenvalue weighted by Crippen LogP contribution is 2.12. The maximum Gasteiger partial charge on any atom is 0.514 e.